The van der Waals surface area contributed by atoms with E-state index >= 15 is 0 Å². The number of nitrogens with one attached hydrogen (secondary N) is 1. The predicted molar refractivity (Wildman–Crippen MR) is 78.8 cm³/mol. The zero-order valence-corrected chi connectivity index (χ0v) is 13.2. The highest BCUT2D eigenvalue weighted by atomic mass is 32.1. The summed E-state index contributed by atoms with van der Waals surface area (Å²) in [6, 6.07) is -0.0983. The molecule has 1 unspecified atom stereocenters. The van der Waals surface area contributed by atoms with Crippen LogP contribution in [0.25, 0.3) is 0 Å². The first-order valence-electron chi connectivity index (χ1n) is 6.75. The van der Waals surface area contributed by atoms with Crippen LogP contribution in [0.15, 0.2) is 5.51 Å². The van der Waals surface area contributed by atoms with Crippen molar-refractivity contribution in [2.45, 2.75) is 40.2 Å². The monoisotopic (exact) mass is 295 g/mol. The molecule has 110 valence electrons. The van der Waals surface area contributed by atoms with Crippen LogP contribution >= 0.6 is 11.3 Å². The maximum atomic E-state index is 12.1. The van der Waals surface area contributed by atoms with Crippen molar-refractivity contribution in [3.63, 3.8) is 0 Å². The minimum absolute atomic E-state index is 0.0722. The van der Waals surface area contributed by atoms with Crippen LogP contribution in [0, 0.1) is 12.3 Å². The molecule has 2 amide bonds. The maximum Gasteiger partial charge on any atom is 0.263 e. The Hall–Kier alpha value is -1.43. The van der Waals surface area contributed by atoms with E-state index in [-0.39, 0.29) is 23.3 Å². The average molecular weight is 295 g/mol. The van der Waals surface area contributed by atoms with Crippen LogP contribution in [0.3, 0.4) is 0 Å². The highest BCUT2D eigenvalue weighted by Gasteiger charge is 2.33. The van der Waals surface area contributed by atoms with Crippen molar-refractivity contribution in [2.24, 2.45) is 5.41 Å². The molecule has 6 heteroatoms. The standard InChI is InChI=1S/C14H21N3O2S/c1-9-12(20-8-15-9)13(19)16-10-5-11(18)17(6-10)7-14(2,3)4/h8,10H,5-7H2,1-4H3,(H,16,19). The SMILES string of the molecule is Cc1ncsc1C(=O)NC1CC(=O)N(CC(C)(C)C)C1. The summed E-state index contributed by atoms with van der Waals surface area (Å²) in [5, 5.41) is 2.94. The number of hydrogen-bond acceptors (Lipinski definition) is 4. The summed E-state index contributed by atoms with van der Waals surface area (Å²) in [4.78, 5) is 30.6. The molecule has 1 atom stereocenters. The van der Waals surface area contributed by atoms with E-state index in [9.17, 15) is 9.59 Å². The molecule has 0 radical (unpaired) electrons. The van der Waals surface area contributed by atoms with Crippen LogP contribution in [0.5, 0.6) is 0 Å². The molecule has 5 nitrogen and oxygen atoms in total. The molecule has 1 aromatic rings. The number of amides is 2. The lowest BCUT2D eigenvalue weighted by molar-refractivity contribution is -0.128. The zero-order valence-electron chi connectivity index (χ0n) is 12.4. The Morgan fingerprint density at radius 3 is 2.80 bits per heavy atom. The summed E-state index contributed by atoms with van der Waals surface area (Å²) >= 11 is 1.33. The fraction of sp³-hybridized carbons (Fsp3) is 0.643. The molecule has 1 aromatic heterocycles. The molecule has 2 heterocycles. The number of nitrogens with zero attached hydrogens (tertiary/aromatic N) is 2. The summed E-state index contributed by atoms with van der Waals surface area (Å²) in [5.74, 6) is -0.00772. The van der Waals surface area contributed by atoms with E-state index in [0.29, 0.717) is 17.8 Å². The molecule has 1 aliphatic rings. The Kier molecular flexibility index (Phi) is 4.13. The Morgan fingerprint density at radius 1 is 1.55 bits per heavy atom. The van der Waals surface area contributed by atoms with Gasteiger partial charge in [-0.05, 0) is 12.3 Å². The van der Waals surface area contributed by atoms with E-state index in [1.165, 1.54) is 11.3 Å². The van der Waals surface area contributed by atoms with Crippen molar-refractivity contribution in [2.75, 3.05) is 13.1 Å². The van der Waals surface area contributed by atoms with Crippen LogP contribution < -0.4 is 5.32 Å². The zero-order chi connectivity index (χ0) is 14.9. The topological polar surface area (TPSA) is 62.3 Å². The van der Waals surface area contributed by atoms with Crippen molar-refractivity contribution in [1.82, 2.24) is 15.2 Å². The lowest BCUT2D eigenvalue weighted by atomic mass is 9.96. The molecule has 2 rings (SSSR count). The van der Waals surface area contributed by atoms with E-state index < -0.39 is 0 Å². The number of thiazole rings is 1. The minimum Gasteiger partial charge on any atom is -0.346 e. The van der Waals surface area contributed by atoms with Gasteiger partial charge in [0.2, 0.25) is 5.91 Å². The minimum atomic E-state index is -0.125. The van der Waals surface area contributed by atoms with Crippen LogP contribution in [0.1, 0.15) is 42.6 Å². The second-order valence-electron chi connectivity index (χ2n) is 6.48. The summed E-state index contributed by atoms with van der Waals surface area (Å²) in [6.45, 7) is 9.45. The van der Waals surface area contributed by atoms with Crippen molar-refractivity contribution in [3.05, 3.63) is 16.1 Å². The molecular weight excluding hydrogens is 274 g/mol. The smallest absolute Gasteiger partial charge is 0.263 e. The second kappa shape index (κ2) is 5.52. The van der Waals surface area contributed by atoms with Crippen molar-refractivity contribution in [1.29, 1.82) is 0 Å². The maximum absolute atomic E-state index is 12.1. The van der Waals surface area contributed by atoms with Gasteiger partial charge in [0.05, 0.1) is 17.2 Å². The summed E-state index contributed by atoms with van der Waals surface area (Å²) in [6.07, 6.45) is 0.389. The first-order chi connectivity index (χ1) is 9.26. The molecule has 0 spiro atoms. The second-order valence-corrected chi connectivity index (χ2v) is 7.33. The third-order valence-electron chi connectivity index (χ3n) is 3.17. The van der Waals surface area contributed by atoms with Gasteiger partial charge in [-0.2, -0.15) is 0 Å². The number of rotatable bonds is 3. The predicted octanol–water partition coefficient (Wildman–Crippen LogP) is 1.83. The number of aryl methyl sites for hydroxylation is 1. The third kappa shape index (κ3) is 3.56. The van der Waals surface area contributed by atoms with E-state index in [4.69, 9.17) is 0 Å². The fourth-order valence-electron chi connectivity index (χ4n) is 2.37. The normalized spacial score (nSPS) is 19.5. The van der Waals surface area contributed by atoms with E-state index in [1.807, 2.05) is 11.8 Å². The first kappa shape index (κ1) is 15.0. The van der Waals surface area contributed by atoms with Crippen LogP contribution in [-0.2, 0) is 4.79 Å². The molecule has 0 aromatic carbocycles. The van der Waals surface area contributed by atoms with Crippen LogP contribution in [0.4, 0.5) is 0 Å². The fourth-order valence-corrected chi connectivity index (χ4v) is 3.07. The molecule has 1 fully saturated rings. The number of likely N-dealkylation sites (tertiary alicyclic amines) is 1. The first-order valence-corrected chi connectivity index (χ1v) is 7.63. The van der Waals surface area contributed by atoms with Gasteiger partial charge in [0.25, 0.3) is 5.91 Å². The van der Waals surface area contributed by atoms with Gasteiger partial charge in [-0.3, -0.25) is 9.59 Å². The average Bonchev–Trinajstić information content (AvgIpc) is 2.84. The summed E-state index contributed by atoms with van der Waals surface area (Å²) in [5.41, 5.74) is 2.47. The van der Waals surface area contributed by atoms with Gasteiger partial charge in [0, 0.05) is 19.5 Å². The van der Waals surface area contributed by atoms with Crippen molar-refractivity contribution < 1.29 is 9.59 Å². The molecule has 1 saturated heterocycles. The highest BCUT2D eigenvalue weighted by molar-refractivity contribution is 7.11. The van der Waals surface area contributed by atoms with Crippen molar-refractivity contribution >= 4 is 23.2 Å². The quantitative estimate of drug-likeness (QED) is 0.925. The molecule has 0 aliphatic carbocycles. The number of carbonyl (C=O) groups excluding carboxylic acids is 2. The molecule has 20 heavy (non-hydrogen) atoms. The van der Waals surface area contributed by atoms with Crippen LogP contribution in [-0.4, -0.2) is 40.8 Å². The number of hydrogen-bond donors (Lipinski definition) is 1. The molecule has 1 aliphatic heterocycles. The van der Waals surface area contributed by atoms with Gasteiger partial charge in [-0.1, -0.05) is 20.8 Å². The van der Waals surface area contributed by atoms with Gasteiger partial charge < -0.3 is 10.2 Å². The Morgan fingerprint density at radius 2 is 2.25 bits per heavy atom. The van der Waals surface area contributed by atoms with Gasteiger partial charge in [0.15, 0.2) is 0 Å². The van der Waals surface area contributed by atoms with Gasteiger partial charge in [-0.25, -0.2) is 4.98 Å². The van der Waals surface area contributed by atoms with Gasteiger partial charge in [-0.15, -0.1) is 11.3 Å². The molecule has 0 bridgehead atoms. The lowest BCUT2D eigenvalue weighted by Gasteiger charge is -2.26. The van der Waals surface area contributed by atoms with E-state index in [0.717, 1.165) is 12.2 Å². The molecular formula is C14H21N3O2S. The van der Waals surface area contributed by atoms with E-state index in [1.54, 1.807) is 5.51 Å². The highest BCUT2D eigenvalue weighted by Crippen LogP contribution is 2.21. The Bertz CT molecular complexity index is 519. The number of carbonyl (C=O) groups is 2. The third-order valence-corrected chi connectivity index (χ3v) is 4.09. The van der Waals surface area contributed by atoms with Crippen molar-refractivity contribution in [3.8, 4) is 0 Å². The summed E-state index contributed by atoms with van der Waals surface area (Å²) < 4.78 is 0. The Balaban J connectivity index is 1.94. The lowest BCUT2D eigenvalue weighted by Crippen LogP contribution is -2.39. The number of aromatic nitrogens is 1. The van der Waals surface area contributed by atoms with E-state index in [2.05, 4.69) is 31.1 Å². The largest absolute Gasteiger partial charge is 0.346 e. The molecule has 0 saturated carbocycles. The van der Waals surface area contributed by atoms with Gasteiger partial charge in [0.1, 0.15) is 4.88 Å². The van der Waals surface area contributed by atoms with Crippen LogP contribution in [0.2, 0.25) is 0 Å². The summed E-state index contributed by atoms with van der Waals surface area (Å²) in [7, 11) is 0. The Labute approximate surface area is 123 Å². The van der Waals surface area contributed by atoms with Gasteiger partial charge >= 0.3 is 0 Å². The molecule has 1 N–H and O–H groups in total.